The summed E-state index contributed by atoms with van der Waals surface area (Å²) in [5, 5.41) is 0. The monoisotopic (exact) mass is 383 g/mol. The van der Waals surface area contributed by atoms with E-state index in [1.807, 2.05) is 4.90 Å². The molecule has 1 aliphatic carbocycles. The van der Waals surface area contributed by atoms with Crippen LogP contribution in [0.25, 0.3) is 0 Å². The van der Waals surface area contributed by atoms with E-state index >= 15 is 0 Å². The van der Waals surface area contributed by atoms with Crippen LogP contribution < -0.4 is 0 Å². The van der Waals surface area contributed by atoms with Crippen LogP contribution in [0, 0.1) is 5.92 Å². The number of hydrogen-bond donors (Lipinski definition) is 0. The summed E-state index contributed by atoms with van der Waals surface area (Å²) in [5.41, 5.74) is 0.700. The Balaban J connectivity index is 1.32. The maximum Gasteiger partial charge on any atom is 0.262 e. The third-order valence-corrected chi connectivity index (χ3v) is 6.07. The number of imide groups is 1. The zero-order valence-electron chi connectivity index (χ0n) is 15.9. The van der Waals surface area contributed by atoms with Crippen LogP contribution >= 0.6 is 0 Å². The van der Waals surface area contributed by atoms with Gasteiger partial charge in [-0.25, -0.2) is 0 Å². The van der Waals surface area contributed by atoms with Crippen molar-refractivity contribution in [2.45, 2.75) is 32.1 Å². The second-order valence-electron chi connectivity index (χ2n) is 7.78. The standard InChI is InChI=1S/C21H25N3O4/c25-18(14-24-20(27)16-8-4-5-9-17(16)21(24)28)22-10-12-23(13-11-22)19(26)15-6-2-1-3-7-15/h4-5,8-9,15H,1-3,6-7,10-14H2. The van der Waals surface area contributed by atoms with E-state index in [0.29, 0.717) is 37.3 Å². The molecule has 1 aromatic rings. The fourth-order valence-electron chi connectivity index (χ4n) is 4.40. The fourth-order valence-corrected chi connectivity index (χ4v) is 4.40. The molecule has 0 N–H and O–H groups in total. The summed E-state index contributed by atoms with van der Waals surface area (Å²) in [6, 6.07) is 6.63. The molecule has 1 aromatic carbocycles. The van der Waals surface area contributed by atoms with Gasteiger partial charge in [-0.05, 0) is 25.0 Å². The molecular formula is C21H25N3O4. The molecule has 148 valence electrons. The van der Waals surface area contributed by atoms with Gasteiger partial charge in [0.1, 0.15) is 6.54 Å². The highest BCUT2D eigenvalue weighted by atomic mass is 16.2. The first kappa shape index (κ1) is 18.7. The van der Waals surface area contributed by atoms with Crippen LogP contribution in [0.5, 0.6) is 0 Å². The van der Waals surface area contributed by atoms with E-state index in [9.17, 15) is 19.2 Å². The first-order chi connectivity index (χ1) is 13.6. The molecule has 0 spiro atoms. The molecule has 7 heteroatoms. The number of carbonyl (C=O) groups excluding carboxylic acids is 4. The zero-order valence-corrected chi connectivity index (χ0v) is 15.9. The number of hydrogen-bond acceptors (Lipinski definition) is 4. The van der Waals surface area contributed by atoms with Crippen LogP contribution in [0.1, 0.15) is 52.8 Å². The van der Waals surface area contributed by atoms with Crippen LogP contribution in [-0.4, -0.2) is 71.1 Å². The van der Waals surface area contributed by atoms with E-state index in [0.717, 1.165) is 30.6 Å². The highest BCUT2D eigenvalue weighted by molar-refractivity contribution is 6.22. The first-order valence-corrected chi connectivity index (χ1v) is 10.1. The Labute approximate surface area is 164 Å². The maximum absolute atomic E-state index is 12.7. The number of fused-ring (bicyclic) bond motifs is 1. The van der Waals surface area contributed by atoms with Crippen molar-refractivity contribution in [2.75, 3.05) is 32.7 Å². The average Bonchev–Trinajstić information content (AvgIpc) is 2.99. The molecule has 1 saturated carbocycles. The molecule has 0 unspecified atom stereocenters. The predicted octanol–water partition coefficient (Wildman–Crippen LogP) is 1.53. The molecule has 0 aromatic heterocycles. The molecule has 1 saturated heterocycles. The van der Waals surface area contributed by atoms with Crippen molar-refractivity contribution >= 4 is 23.6 Å². The van der Waals surface area contributed by atoms with Crippen molar-refractivity contribution in [3.63, 3.8) is 0 Å². The van der Waals surface area contributed by atoms with Gasteiger partial charge in [-0.2, -0.15) is 0 Å². The Bertz CT molecular complexity index is 773. The number of carbonyl (C=O) groups is 4. The number of rotatable bonds is 3. The van der Waals surface area contributed by atoms with E-state index in [4.69, 9.17) is 0 Å². The van der Waals surface area contributed by atoms with E-state index in [1.165, 1.54) is 6.42 Å². The molecule has 2 heterocycles. The molecule has 0 bridgehead atoms. The molecule has 0 atom stereocenters. The topological polar surface area (TPSA) is 78.0 Å². The minimum Gasteiger partial charge on any atom is -0.339 e. The van der Waals surface area contributed by atoms with Gasteiger partial charge < -0.3 is 9.80 Å². The number of benzene rings is 1. The quantitative estimate of drug-likeness (QED) is 0.742. The van der Waals surface area contributed by atoms with Crippen LogP contribution in [0.3, 0.4) is 0 Å². The van der Waals surface area contributed by atoms with Gasteiger partial charge >= 0.3 is 0 Å². The van der Waals surface area contributed by atoms with Crippen molar-refractivity contribution in [3.8, 4) is 0 Å². The first-order valence-electron chi connectivity index (χ1n) is 10.1. The minimum atomic E-state index is -0.417. The molecule has 0 radical (unpaired) electrons. The average molecular weight is 383 g/mol. The smallest absolute Gasteiger partial charge is 0.262 e. The third-order valence-electron chi connectivity index (χ3n) is 6.07. The third kappa shape index (κ3) is 3.41. The van der Waals surface area contributed by atoms with E-state index in [2.05, 4.69) is 0 Å². The molecule has 28 heavy (non-hydrogen) atoms. The lowest BCUT2D eigenvalue weighted by Gasteiger charge is -2.37. The van der Waals surface area contributed by atoms with E-state index < -0.39 is 11.8 Å². The van der Waals surface area contributed by atoms with Crippen molar-refractivity contribution in [1.82, 2.24) is 14.7 Å². The molecular weight excluding hydrogens is 358 g/mol. The van der Waals surface area contributed by atoms with Gasteiger partial charge in [0.05, 0.1) is 11.1 Å². The fraction of sp³-hybridized carbons (Fsp3) is 0.524. The maximum atomic E-state index is 12.7. The molecule has 3 aliphatic rings. The van der Waals surface area contributed by atoms with Crippen molar-refractivity contribution in [2.24, 2.45) is 5.92 Å². The largest absolute Gasteiger partial charge is 0.339 e. The lowest BCUT2D eigenvalue weighted by atomic mass is 9.88. The van der Waals surface area contributed by atoms with Gasteiger partial charge in [-0.15, -0.1) is 0 Å². The minimum absolute atomic E-state index is 0.134. The van der Waals surface area contributed by atoms with Crippen LogP contribution in [0.15, 0.2) is 24.3 Å². The normalized spacial score (nSPS) is 20.5. The van der Waals surface area contributed by atoms with Gasteiger partial charge in [0.25, 0.3) is 11.8 Å². The Morgan fingerprint density at radius 2 is 1.36 bits per heavy atom. The highest BCUT2D eigenvalue weighted by Crippen LogP contribution is 2.26. The lowest BCUT2D eigenvalue weighted by Crippen LogP contribution is -2.54. The van der Waals surface area contributed by atoms with Crippen molar-refractivity contribution < 1.29 is 19.2 Å². The van der Waals surface area contributed by atoms with Crippen molar-refractivity contribution in [1.29, 1.82) is 0 Å². The van der Waals surface area contributed by atoms with Crippen LogP contribution in [0.4, 0.5) is 0 Å². The van der Waals surface area contributed by atoms with Gasteiger partial charge in [-0.1, -0.05) is 31.4 Å². The summed E-state index contributed by atoms with van der Waals surface area (Å²) < 4.78 is 0. The Kier molecular flexibility index (Phi) is 5.15. The summed E-state index contributed by atoms with van der Waals surface area (Å²) in [5.74, 6) is -0.735. The Morgan fingerprint density at radius 3 is 1.93 bits per heavy atom. The molecule has 2 aliphatic heterocycles. The summed E-state index contributed by atoms with van der Waals surface area (Å²) in [6.07, 6.45) is 5.39. The molecule has 7 nitrogen and oxygen atoms in total. The lowest BCUT2D eigenvalue weighted by molar-refractivity contribution is -0.142. The summed E-state index contributed by atoms with van der Waals surface area (Å²) in [6.45, 7) is 1.68. The molecule has 4 rings (SSSR count). The van der Waals surface area contributed by atoms with Gasteiger partial charge in [0, 0.05) is 32.1 Å². The summed E-state index contributed by atoms with van der Waals surface area (Å²) in [4.78, 5) is 54.7. The molecule has 2 fully saturated rings. The van der Waals surface area contributed by atoms with Gasteiger partial charge in [0.2, 0.25) is 11.8 Å². The van der Waals surface area contributed by atoms with Gasteiger partial charge in [-0.3, -0.25) is 24.1 Å². The Hall–Kier alpha value is -2.70. The number of nitrogens with zero attached hydrogens (tertiary/aromatic N) is 3. The van der Waals surface area contributed by atoms with Crippen molar-refractivity contribution in [3.05, 3.63) is 35.4 Å². The van der Waals surface area contributed by atoms with Crippen LogP contribution in [-0.2, 0) is 9.59 Å². The Morgan fingerprint density at radius 1 is 0.821 bits per heavy atom. The summed E-state index contributed by atoms with van der Waals surface area (Å²) >= 11 is 0. The summed E-state index contributed by atoms with van der Waals surface area (Å²) in [7, 11) is 0. The highest BCUT2D eigenvalue weighted by Gasteiger charge is 2.37. The van der Waals surface area contributed by atoms with Gasteiger partial charge in [0.15, 0.2) is 0 Å². The predicted molar refractivity (Wildman–Crippen MR) is 102 cm³/mol. The molecule has 4 amide bonds. The zero-order chi connectivity index (χ0) is 19.7. The van der Waals surface area contributed by atoms with E-state index in [-0.39, 0.29) is 24.3 Å². The van der Waals surface area contributed by atoms with Crippen LogP contribution in [0.2, 0.25) is 0 Å². The second-order valence-corrected chi connectivity index (χ2v) is 7.78. The van der Waals surface area contributed by atoms with E-state index in [1.54, 1.807) is 29.2 Å². The number of piperazine rings is 1. The second kappa shape index (κ2) is 7.73. The number of amides is 4. The SMILES string of the molecule is O=C(CN1C(=O)c2ccccc2C1=O)N1CCN(C(=O)C2CCCCC2)CC1.